The molecule has 0 unspecified atom stereocenters. The fourth-order valence-corrected chi connectivity index (χ4v) is 9.22. The van der Waals surface area contributed by atoms with Crippen molar-refractivity contribution in [2.75, 3.05) is 0 Å². The Hall–Kier alpha value is -6.16. The minimum Gasteiger partial charge on any atom is -0.464 e. The van der Waals surface area contributed by atoms with Gasteiger partial charge in [0.15, 0.2) is 0 Å². The zero-order chi connectivity index (χ0) is 32.1. The van der Waals surface area contributed by atoms with E-state index in [1.165, 1.54) is 58.4 Å². The van der Waals surface area contributed by atoms with Crippen molar-refractivity contribution in [1.29, 1.82) is 0 Å². The maximum absolute atomic E-state index is 6.64. The van der Waals surface area contributed by atoms with E-state index >= 15 is 0 Å². The molecule has 0 aliphatic heterocycles. The minimum atomic E-state index is 0.852. The first-order valence-corrected chi connectivity index (χ1v) is 17.4. The van der Waals surface area contributed by atoms with E-state index in [0.29, 0.717) is 0 Å². The molecular formula is C46H26O2S. The number of hydrogen-bond acceptors (Lipinski definition) is 3. The fraction of sp³-hybridized carbons (Fsp3) is 0. The van der Waals surface area contributed by atoms with Crippen molar-refractivity contribution in [2.45, 2.75) is 0 Å². The molecule has 0 fully saturated rings. The summed E-state index contributed by atoms with van der Waals surface area (Å²) < 4.78 is 15.5. The quantitative estimate of drug-likeness (QED) is 0.179. The Balaban J connectivity index is 1.24. The van der Waals surface area contributed by atoms with Crippen molar-refractivity contribution < 1.29 is 8.83 Å². The molecule has 0 saturated heterocycles. The van der Waals surface area contributed by atoms with Crippen LogP contribution in [0.2, 0.25) is 0 Å². The SMILES string of the molecule is c1ccc(-c2coc3cc4c(cc23)oc2cccc(-c3c5ccccc5c(-c5cccc6sc7ccccc7c56)c5ccccc35)c24)cc1. The van der Waals surface area contributed by atoms with Gasteiger partial charge in [0.25, 0.3) is 0 Å². The molecule has 228 valence electrons. The van der Waals surface area contributed by atoms with Gasteiger partial charge in [-0.25, -0.2) is 0 Å². The molecule has 3 heteroatoms. The van der Waals surface area contributed by atoms with Crippen molar-refractivity contribution in [3.05, 3.63) is 158 Å². The van der Waals surface area contributed by atoms with Crippen molar-refractivity contribution in [3.8, 4) is 33.4 Å². The molecule has 0 amide bonds. The molecule has 49 heavy (non-hydrogen) atoms. The van der Waals surface area contributed by atoms with Crippen LogP contribution in [0, 0.1) is 0 Å². The first kappa shape index (κ1) is 26.9. The summed E-state index contributed by atoms with van der Waals surface area (Å²) in [6.07, 6.45) is 1.86. The van der Waals surface area contributed by atoms with Crippen LogP contribution in [0.5, 0.6) is 0 Å². The van der Waals surface area contributed by atoms with Gasteiger partial charge >= 0.3 is 0 Å². The van der Waals surface area contributed by atoms with Gasteiger partial charge < -0.3 is 8.83 Å². The van der Waals surface area contributed by atoms with Crippen molar-refractivity contribution in [3.63, 3.8) is 0 Å². The second-order valence-corrected chi connectivity index (χ2v) is 13.8. The lowest BCUT2D eigenvalue weighted by Crippen LogP contribution is -1.91. The summed E-state index contributed by atoms with van der Waals surface area (Å²) >= 11 is 1.87. The van der Waals surface area contributed by atoms with Gasteiger partial charge in [-0.05, 0) is 79.7 Å². The molecule has 8 aromatic carbocycles. The normalized spacial score (nSPS) is 12.1. The highest BCUT2D eigenvalue weighted by Gasteiger charge is 2.22. The summed E-state index contributed by atoms with van der Waals surface area (Å²) in [4.78, 5) is 0. The number of fused-ring (bicyclic) bond motifs is 9. The molecule has 0 aliphatic carbocycles. The van der Waals surface area contributed by atoms with Crippen LogP contribution < -0.4 is 0 Å². The zero-order valence-electron chi connectivity index (χ0n) is 26.2. The topological polar surface area (TPSA) is 26.3 Å². The number of hydrogen-bond donors (Lipinski definition) is 0. The lowest BCUT2D eigenvalue weighted by atomic mass is 9.84. The number of rotatable bonds is 3. The van der Waals surface area contributed by atoms with Gasteiger partial charge in [0.1, 0.15) is 16.7 Å². The Bertz CT molecular complexity index is 3050. The molecule has 0 N–H and O–H groups in total. The van der Waals surface area contributed by atoms with Crippen LogP contribution in [0.4, 0.5) is 0 Å². The second kappa shape index (κ2) is 10.2. The van der Waals surface area contributed by atoms with Crippen LogP contribution in [0.3, 0.4) is 0 Å². The largest absolute Gasteiger partial charge is 0.464 e. The molecule has 2 nitrogen and oxygen atoms in total. The van der Waals surface area contributed by atoms with Gasteiger partial charge in [0.2, 0.25) is 0 Å². The molecule has 0 saturated carbocycles. The Kier molecular flexibility index (Phi) is 5.57. The minimum absolute atomic E-state index is 0.852. The summed E-state index contributed by atoms with van der Waals surface area (Å²) in [7, 11) is 0. The van der Waals surface area contributed by atoms with Gasteiger partial charge in [0, 0.05) is 41.9 Å². The fourth-order valence-electron chi connectivity index (χ4n) is 8.09. The summed E-state index contributed by atoms with van der Waals surface area (Å²) in [5.74, 6) is 0. The summed E-state index contributed by atoms with van der Waals surface area (Å²) in [6, 6.07) is 54.5. The van der Waals surface area contributed by atoms with E-state index in [9.17, 15) is 0 Å². The van der Waals surface area contributed by atoms with E-state index in [1.807, 2.05) is 23.7 Å². The van der Waals surface area contributed by atoms with Gasteiger partial charge in [-0.15, -0.1) is 11.3 Å². The Morgan fingerprint density at radius 1 is 0.367 bits per heavy atom. The van der Waals surface area contributed by atoms with E-state index in [1.54, 1.807) is 0 Å². The predicted molar refractivity (Wildman–Crippen MR) is 208 cm³/mol. The van der Waals surface area contributed by atoms with Crippen LogP contribution in [0.15, 0.2) is 167 Å². The van der Waals surface area contributed by atoms with E-state index in [-0.39, 0.29) is 0 Å². The van der Waals surface area contributed by atoms with Gasteiger partial charge in [-0.1, -0.05) is 121 Å². The predicted octanol–water partition coefficient (Wildman–Crippen LogP) is 14.0. The molecule has 11 rings (SSSR count). The molecule has 3 aromatic heterocycles. The smallest absolute Gasteiger partial charge is 0.136 e. The highest BCUT2D eigenvalue weighted by molar-refractivity contribution is 7.25. The highest BCUT2D eigenvalue weighted by atomic mass is 32.1. The average Bonchev–Trinajstić information content (AvgIpc) is 3.86. The molecule has 3 heterocycles. The van der Waals surface area contributed by atoms with Crippen LogP contribution in [0.25, 0.3) is 108 Å². The van der Waals surface area contributed by atoms with Gasteiger partial charge in [0.05, 0.1) is 6.26 Å². The maximum atomic E-state index is 6.64. The number of benzene rings is 8. The van der Waals surface area contributed by atoms with E-state index in [4.69, 9.17) is 8.83 Å². The van der Waals surface area contributed by atoms with Crippen LogP contribution in [-0.2, 0) is 0 Å². The van der Waals surface area contributed by atoms with Crippen LogP contribution in [-0.4, -0.2) is 0 Å². The average molecular weight is 643 g/mol. The first-order chi connectivity index (χ1) is 24.3. The van der Waals surface area contributed by atoms with Crippen molar-refractivity contribution in [2.24, 2.45) is 0 Å². The highest BCUT2D eigenvalue weighted by Crippen LogP contribution is 2.50. The molecule has 0 radical (unpaired) electrons. The standard InChI is InChI=1S/C46H26O2S/c1-2-12-27(13-3-1)37-26-47-39-25-36-40(24-35(37)39)48-38-21-10-19-33(45(36)38)43-28-14-4-6-16-30(28)44(31-17-7-5-15-29(31)43)34-20-11-23-42-46(34)32-18-8-9-22-41(32)49-42/h1-26H. The Morgan fingerprint density at radius 3 is 1.65 bits per heavy atom. The van der Waals surface area contributed by atoms with Gasteiger partial charge in [-0.2, -0.15) is 0 Å². The molecule has 0 aliphatic rings. The van der Waals surface area contributed by atoms with Crippen molar-refractivity contribution in [1.82, 2.24) is 0 Å². The van der Waals surface area contributed by atoms with E-state index in [2.05, 4.69) is 146 Å². The summed E-state index contributed by atoms with van der Waals surface area (Å²) in [5.41, 5.74) is 9.70. The molecule has 0 spiro atoms. The summed E-state index contributed by atoms with van der Waals surface area (Å²) in [5, 5.41) is 10.8. The third-order valence-electron chi connectivity index (χ3n) is 10.1. The maximum Gasteiger partial charge on any atom is 0.136 e. The Labute approximate surface area is 285 Å². The monoisotopic (exact) mass is 642 g/mol. The van der Waals surface area contributed by atoms with Crippen LogP contribution in [0.1, 0.15) is 0 Å². The third kappa shape index (κ3) is 3.82. The second-order valence-electron chi connectivity index (χ2n) is 12.8. The molecule has 0 bridgehead atoms. The lowest BCUT2D eigenvalue weighted by Gasteiger charge is -2.19. The van der Waals surface area contributed by atoms with E-state index < -0.39 is 0 Å². The Morgan fingerprint density at radius 2 is 0.939 bits per heavy atom. The lowest BCUT2D eigenvalue weighted by molar-refractivity contribution is 0.617. The molecular weight excluding hydrogens is 617 g/mol. The third-order valence-corrected chi connectivity index (χ3v) is 11.3. The van der Waals surface area contributed by atoms with Crippen molar-refractivity contribution >= 4 is 86.0 Å². The van der Waals surface area contributed by atoms with E-state index in [0.717, 1.165) is 49.6 Å². The molecule has 11 aromatic rings. The first-order valence-electron chi connectivity index (χ1n) is 16.6. The van der Waals surface area contributed by atoms with Gasteiger partial charge in [-0.3, -0.25) is 0 Å². The summed E-state index contributed by atoms with van der Waals surface area (Å²) in [6.45, 7) is 0. The zero-order valence-corrected chi connectivity index (χ0v) is 27.1. The molecule has 0 atom stereocenters. The van der Waals surface area contributed by atoms with Crippen LogP contribution >= 0.6 is 11.3 Å². The number of thiophene rings is 1. The number of furan rings is 2.